The summed E-state index contributed by atoms with van der Waals surface area (Å²) in [5.74, 6) is -0.616. The molecule has 1 fully saturated rings. The van der Waals surface area contributed by atoms with Crippen LogP contribution < -0.4 is 10.6 Å². The fourth-order valence-electron chi connectivity index (χ4n) is 2.98. The van der Waals surface area contributed by atoms with Crippen LogP contribution in [0.25, 0.3) is 0 Å². The minimum atomic E-state index is -4.64. The van der Waals surface area contributed by atoms with Crippen molar-refractivity contribution in [1.82, 2.24) is 15.5 Å². The van der Waals surface area contributed by atoms with Gasteiger partial charge in [0.1, 0.15) is 5.82 Å². The summed E-state index contributed by atoms with van der Waals surface area (Å²) in [4.78, 5) is 17.8. The first kappa shape index (κ1) is 21.0. The molecule has 0 radical (unpaired) electrons. The number of nitrogens with one attached hydrogen (secondary N) is 2. The second kappa shape index (κ2) is 8.58. The zero-order valence-electron chi connectivity index (χ0n) is 15.5. The van der Waals surface area contributed by atoms with Crippen molar-refractivity contribution in [2.24, 2.45) is 10.9 Å². The van der Waals surface area contributed by atoms with E-state index >= 15 is 0 Å². The Kier molecular flexibility index (Phi) is 6.67. The highest BCUT2D eigenvalue weighted by Crippen LogP contribution is 2.32. The Labute approximate surface area is 155 Å². The molecular weight excluding hydrogens is 364 g/mol. The van der Waals surface area contributed by atoms with Gasteiger partial charge in [0.05, 0.1) is 5.56 Å². The van der Waals surface area contributed by atoms with Gasteiger partial charge in [-0.05, 0) is 24.1 Å². The van der Waals surface area contributed by atoms with Crippen LogP contribution in [0, 0.1) is 11.7 Å². The Morgan fingerprint density at radius 2 is 2.07 bits per heavy atom. The zero-order valence-corrected chi connectivity index (χ0v) is 15.5. The van der Waals surface area contributed by atoms with Crippen molar-refractivity contribution < 1.29 is 22.4 Å². The van der Waals surface area contributed by atoms with E-state index in [0.29, 0.717) is 25.1 Å². The van der Waals surface area contributed by atoms with Crippen molar-refractivity contribution in [3.8, 4) is 0 Å². The summed E-state index contributed by atoms with van der Waals surface area (Å²) in [7, 11) is 1.51. The third-order valence-electron chi connectivity index (χ3n) is 4.38. The van der Waals surface area contributed by atoms with E-state index in [1.54, 1.807) is 4.90 Å². The number of carbonyl (C=O) groups is 1. The van der Waals surface area contributed by atoms with Crippen LogP contribution in [-0.4, -0.2) is 42.9 Å². The average Bonchev–Trinajstić information content (AvgIpc) is 3.06. The molecule has 2 rings (SSSR count). The summed E-state index contributed by atoms with van der Waals surface area (Å²) in [6.45, 7) is 4.66. The van der Waals surface area contributed by atoms with E-state index in [0.717, 1.165) is 18.6 Å². The number of halogens is 4. The predicted molar refractivity (Wildman–Crippen MR) is 94.6 cm³/mol. The van der Waals surface area contributed by atoms with Crippen LogP contribution in [0.3, 0.4) is 0 Å². The lowest BCUT2D eigenvalue weighted by atomic mass is 10.1. The fraction of sp³-hybridized carbons (Fsp3) is 0.556. The molecule has 1 heterocycles. The van der Waals surface area contributed by atoms with Gasteiger partial charge in [-0.15, -0.1) is 0 Å². The SMILES string of the molecule is CN=C(NCc1ccc(F)cc1C(F)(F)F)NC1CCN(C(=O)C(C)C)C1. The summed E-state index contributed by atoms with van der Waals surface area (Å²) in [5.41, 5.74) is -1.09. The molecule has 2 N–H and O–H groups in total. The molecule has 150 valence electrons. The van der Waals surface area contributed by atoms with Crippen LogP contribution in [0.5, 0.6) is 0 Å². The minimum absolute atomic E-state index is 0.0331. The first-order valence-electron chi connectivity index (χ1n) is 8.73. The number of rotatable bonds is 4. The summed E-state index contributed by atoms with van der Waals surface area (Å²) in [6, 6.07) is 2.56. The quantitative estimate of drug-likeness (QED) is 0.474. The highest BCUT2D eigenvalue weighted by atomic mass is 19.4. The van der Waals surface area contributed by atoms with Crippen molar-refractivity contribution in [2.45, 2.75) is 39.0 Å². The monoisotopic (exact) mass is 388 g/mol. The molecule has 0 aromatic heterocycles. The van der Waals surface area contributed by atoms with Gasteiger partial charge in [-0.2, -0.15) is 13.2 Å². The molecular formula is C18H24F4N4O. The van der Waals surface area contributed by atoms with E-state index in [4.69, 9.17) is 0 Å². The van der Waals surface area contributed by atoms with Gasteiger partial charge in [-0.3, -0.25) is 9.79 Å². The lowest BCUT2D eigenvalue weighted by Gasteiger charge is -2.21. The van der Waals surface area contributed by atoms with Gasteiger partial charge >= 0.3 is 6.18 Å². The van der Waals surface area contributed by atoms with Crippen molar-refractivity contribution >= 4 is 11.9 Å². The topological polar surface area (TPSA) is 56.7 Å². The molecule has 5 nitrogen and oxygen atoms in total. The Hall–Kier alpha value is -2.32. The van der Waals surface area contributed by atoms with E-state index in [1.807, 2.05) is 13.8 Å². The molecule has 1 unspecified atom stereocenters. The third kappa shape index (κ3) is 5.58. The van der Waals surface area contributed by atoms with Gasteiger partial charge < -0.3 is 15.5 Å². The normalized spacial score (nSPS) is 18.1. The molecule has 0 aliphatic carbocycles. The number of aliphatic imine (C=N–C) groups is 1. The highest BCUT2D eigenvalue weighted by Gasteiger charge is 2.34. The van der Waals surface area contributed by atoms with E-state index < -0.39 is 17.6 Å². The smallest absolute Gasteiger partial charge is 0.352 e. The number of hydrogen-bond acceptors (Lipinski definition) is 2. The van der Waals surface area contributed by atoms with Crippen LogP contribution in [0.2, 0.25) is 0 Å². The molecule has 1 aliphatic rings. The van der Waals surface area contributed by atoms with Crippen LogP contribution in [0.15, 0.2) is 23.2 Å². The summed E-state index contributed by atoms with van der Waals surface area (Å²) >= 11 is 0. The molecule has 0 spiro atoms. The number of alkyl halides is 3. The average molecular weight is 388 g/mol. The van der Waals surface area contributed by atoms with Crippen LogP contribution >= 0.6 is 0 Å². The van der Waals surface area contributed by atoms with E-state index in [-0.39, 0.29) is 30.0 Å². The summed E-state index contributed by atoms with van der Waals surface area (Å²) in [5, 5.41) is 5.94. The second-order valence-electron chi connectivity index (χ2n) is 6.79. The first-order chi connectivity index (χ1) is 12.6. The van der Waals surface area contributed by atoms with Crippen LogP contribution in [0.1, 0.15) is 31.4 Å². The van der Waals surface area contributed by atoms with Gasteiger partial charge in [0.25, 0.3) is 0 Å². The lowest BCUT2D eigenvalue weighted by Crippen LogP contribution is -2.45. The Bertz CT molecular complexity index is 703. The number of nitrogens with zero attached hydrogens (tertiary/aromatic N) is 2. The fourth-order valence-corrected chi connectivity index (χ4v) is 2.98. The second-order valence-corrected chi connectivity index (χ2v) is 6.79. The molecule has 27 heavy (non-hydrogen) atoms. The maximum absolute atomic E-state index is 13.2. The standard InChI is InChI=1S/C18H24F4N4O/c1-11(2)16(27)26-7-6-14(10-26)25-17(23-3)24-9-12-4-5-13(19)8-15(12)18(20,21)22/h4-5,8,11,14H,6-7,9-10H2,1-3H3,(H2,23,24,25). The zero-order chi connectivity index (χ0) is 20.2. The van der Waals surface area contributed by atoms with Crippen LogP contribution in [0.4, 0.5) is 17.6 Å². The highest BCUT2D eigenvalue weighted by molar-refractivity contribution is 5.81. The molecule has 1 atom stereocenters. The van der Waals surface area contributed by atoms with Gasteiger partial charge in [0.2, 0.25) is 5.91 Å². The van der Waals surface area contributed by atoms with Crippen molar-refractivity contribution in [3.05, 3.63) is 35.1 Å². The maximum Gasteiger partial charge on any atom is 0.416 e. The minimum Gasteiger partial charge on any atom is -0.352 e. The Balaban J connectivity index is 1.97. The lowest BCUT2D eigenvalue weighted by molar-refractivity contribution is -0.138. The summed E-state index contributed by atoms with van der Waals surface area (Å²) < 4.78 is 52.4. The third-order valence-corrected chi connectivity index (χ3v) is 4.38. The van der Waals surface area contributed by atoms with Crippen molar-refractivity contribution in [3.63, 3.8) is 0 Å². The Morgan fingerprint density at radius 1 is 1.37 bits per heavy atom. The number of benzene rings is 1. The molecule has 1 saturated heterocycles. The molecule has 0 bridgehead atoms. The number of likely N-dealkylation sites (tertiary alicyclic amines) is 1. The van der Waals surface area contributed by atoms with Gasteiger partial charge in [-0.25, -0.2) is 4.39 Å². The van der Waals surface area contributed by atoms with E-state index in [9.17, 15) is 22.4 Å². The molecule has 1 amide bonds. The first-order valence-corrected chi connectivity index (χ1v) is 8.73. The summed E-state index contributed by atoms with van der Waals surface area (Å²) in [6.07, 6.45) is -3.91. The van der Waals surface area contributed by atoms with Crippen LogP contribution in [-0.2, 0) is 17.5 Å². The van der Waals surface area contributed by atoms with Gasteiger partial charge in [0, 0.05) is 38.6 Å². The maximum atomic E-state index is 13.2. The molecule has 9 heteroatoms. The molecule has 1 aromatic rings. The van der Waals surface area contributed by atoms with Gasteiger partial charge in [-0.1, -0.05) is 19.9 Å². The molecule has 1 aromatic carbocycles. The predicted octanol–water partition coefficient (Wildman–Crippen LogP) is 2.77. The van der Waals surface area contributed by atoms with Crippen molar-refractivity contribution in [2.75, 3.05) is 20.1 Å². The number of amides is 1. The number of hydrogen-bond donors (Lipinski definition) is 2. The number of guanidine groups is 1. The van der Waals surface area contributed by atoms with E-state index in [1.165, 1.54) is 7.05 Å². The van der Waals surface area contributed by atoms with Crippen molar-refractivity contribution in [1.29, 1.82) is 0 Å². The van der Waals surface area contributed by atoms with E-state index in [2.05, 4.69) is 15.6 Å². The largest absolute Gasteiger partial charge is 0.416 e. The molecule has 0 saturated carbocycles. The number of carbonyl (C=O) groups excluding carboxylic acids is 1. The molecule has 1 aliphatic heterocycles. The van der Waals surface area contributed by atoms with Gasteiger partial charge in [0.15, 0.2) is 5.96 Å². The Morgan fingerprint density at radius 3 is 2.67 bits per heavy atom.